The van der Waals surface area contributed by atoms with Gasteiger partial charge in [0.05, 0.1) is 6.42 Å². The van der Waals surface area contributed by atoms with Crippen LogP contribution in [0.25, 0.3) is 0 Å². The van der Waals surface area contributed by atoms with Gasteiger partial charge in [0, 0.05) is 18.7 Å². The van der Waals surface area contributed by atoms with E-state index >= 15 is 0 Å². The number of amides is 1. The molecule has 1 aromatic carbocycles. The number of hydrogen-bond donors (Lipinski definition) is 1. The Bertz CT molecular complexity index is 457. The number of carboxylic acids is 1. The fraction of sp³-hybridized carbons (Fsp3) is 0.467. The molecular formula is C15H20FNO3. The van der Waals surface area contributed by atoms with Crippen molar-refractivity contribution in [2.24, 2.45) is 5.92 Å². The SMILES string of the molecule is CC(C)CCN(CCC(=O)O)C(=O)c1ccc(F)cc1. The monoisotopic (exact) mass is 281 g/mol. The molecule has 0 saturated heterocycles. The van der Waals surface area contributed by atoms with E-state index in [1.807, 2.05) is 13.8 Å². The third-order valence-corrected chi connectivity index (χ3v) is 2.95. The molecule has 0 atom stereocenters. The normalized spacial score (nSPS) is 10.6. The lowest BCUT2D eigenvalue weighted by molar-refractivity contribution is -0.137. The lowest BCUT2D eigenvalue weighted by Gasteiger charge is -2.23. The lowest BCUT2D eigenvalue weighted by Crippen LogP contribution is -2.34. The Labute approximate surface area is 118 Å². The number of carbonyl (C=O) groups is 2. The molecule has 0 aromatic heterocycles. The Kier molecular flexibility index (Phi) is 6.15. The lowest BCUT2D eigenvalue weighted by atomic mass is 10.1. The van der Waals surface area contributed by atoms with E-state index in [0.717, 1.165) is 6.42 Å². The summed E-state index contributed by atoms with van der Waals surface area (Å²) in [6.07, 6.45) is 0.706. The predicted octanol–water partition coefficient (Wildman–Crippen LogP) is 2.79. The summed E-state index contributed by atoms with van der Waals surface area (Å²) in [7, 11) is 0. The molecule has 0 radical (unpaired) electrons. The van der Waals surface area contributed by atoms with E-state index in [0.29, 0.717) is 18.0 Å². The summed E-state index contributed by atoms with van der Waals surface area (Å²) in [5.41, 5.74) is 0.376. The van der Waals surface area contributed by atoms with Crippen LogP contribution in [-0.4, -0.2) is 35.0 Å². The molecule has 0 heterocycles. The molecule has 0 bridgehead atoms. The van der Waals surface area contributed by atoms with Crippen molar-refractivity contribution in [2.45, 2.75) is 26.7 Å². The first-order valence-electron chi connectivity index (χ1n) is 6.66. The van der Waals surface area contributed by atoms with Crippen molar-refractivity contribution in [3.05, 3.63) is 35.6 Å². The second-order valence-corrected chi connectivity index (χ2v) is 5.13. The van der Waals surface area contributed by atoms with Gasteiger partial charge in [0.1, 0.15) is 5.82 Å². The van der Waals surface area contributed by atoms with Crippen LogP contribution in [0.4, 0.5) is 4.39 Å². The fourth-order valence-electron chi connectivity index (χ4n) is 1.73. The summed E-state index contributed by atoms with van der Waals surface area (Å²) in [5, 5.41) is 8.74. The van der Waals surface area contributed by atoms with Gasteiger partial charge in [0.15, 0.2) is 0 Å². The zero-order valence-corrected chi connectivity index (χ0v) is 11.8. The number of halogens is 1. The van der Waals surface area contributed by atoms with Crippen LogP contribution in [-0.2, 0) is 4.79 Å². The molecule has 1 aromatic rings. The number of carboxylic acid groups (broad SMARTS) is 1. The van der Waals surface area contributed by atoms with Crippen molar-refractivity contribution in [3.63, 3.8) is 0 Å². The van der Waals surface area contributed by atoms with Crippen molar-refractivity contribution in [3.8, 4) is 0 Å². The highest BCUT2D eigenvalue weighted by Gasteiger charge is 2.17. The average molecular weight is 281 g/mol. The van der Waals surface area contributed by atoms with E-state index in [1.54, 1.807) is 0 Å². The van der Waals surface area contributed by atoms with Gasteiger partial charge >= 0.3 is 5.97 Å². The first-order valence-corrected chi connectivity index (χ1v) is 6.66. The highest BCUT2D eigenvalue weighted by molar-refractivity contribution is 5.94. The molecule has 0 aliphatic rings. The van der Waals surface area contributed by atoms with Crippen molar-refractivity contribution < 1.29 is 19.1 Å². The maximum absolute atomic E-state index is 12.9. The van der Waals surface area contributed by atoms with E-state index in [9.17, 15) is 14.0 Å². The molecular weight excluding hydrogens is 261 g/mol. The number of nitrogens with zero attached hydrogens (tertiary/aromatic N) is 1. The molecule has 0 spiro atoms. The van der Waals surface area contributed by atoms with Gasteiger partial charge in [0.25, 0.3) is 5.91 Å². The maximum atomic E-state index is 12.9. The van der Waals surface area contributed by atoms with Crippen LogP contribution in [0.5, 0.6) is 0 Å². The first-order chi connectivity index (χ1) is 9.40. The summed E-state index contributed by atoms with van der Waals surface area (Å²) in [4.78, 5) is 24.5. The standard InChI is InChI=1S/C15H20FNO3/c1-11(2)7-9-17(10-8-14(18)19)15(20)12-3-5-13(16)6-4-12/h3-6,11H,7-10H2,1-2H3,(H,18,19). The Balaban J connectivity index is 2.76. The Morgan fingerprint density at radius 1 is 1.20 bits per heavy atom. The van der Waals surface area contributed by atoms with Crippen LogP contribution in [0.15, 0.2) is 24.3 Å². The molecule has 1 amide bonds. The van der Waals surface area contributed by atoms with Crippen LogP contribution in [0.2, 0.25) is 0 Å². The highest BCUT2D eigenvalue weighted by atomic mass is 19.1. The largest absolute Gasteiger partial charge is 0.481 e. The highest BCUT2D eigenvalue weighted by Crippen LogP contribution is 2.10. The number of hydrogen-bond acceptors (Lipinski definition) is 2. The second kappa shape index (κ2) is 7.62. The molecule has 4 nitrogen and oxygen atoms in total. The second-order valence-electron chi connectivity index (χ2n) is 5.13. The summed E-state index contributed by atoms with van der Waals surface area (Å²) in [6, 6.07) is 5.29. The zero-order valence-electron chi connectivity index (χ0n) is 11.8. The smallest absolute Gasteiger partial charge is 0.305 e. The Morgan fingerprint density at radius 2 is 1.80 bits per heavy atom. The summed E-state index contributed by atoms with van der Waals surface area (Å²) in [6.45, 7) is 4.74. The van der Waals surface area contributed by atoms with Crippen molar-refractivity contribution in [2.75, 3.05) is 13.1 Å². The van der Waals surface area contributed by atoms with Gasteiger partial charge in [-0.1, -0.05) is 13.8 Å². The van der Waals surface area contributed by atoms with Crippen LogP contribution >= 0.6 is 0 Å². The molecule has 0 fully saturated rings. The van der Waals surface area contributed by atoms with E-state index in [1.165, 1.54) is 29.2 Å². The van der Waals surface area contributed by atoms with E-state index in [2.05, 4.69) is 0 Å². The minimum Gasteiger partial charge on any atom is -0.481 e. The number of benzene rings is 1. The number of rotatable bonds is 7. The van der Waals surface area contributed by atoms with Gasteiger partial charge in [-0.15, -0.1) is 0 Å². The summed E-state index contributed by atoms with van der Waals surface area (Å²) < 4.78 is 12.9. The fourth-order valence-corrected chi connectivity index (χ4v) is 1.73. The van der Waals surface area contributed by atoms with Crippen molar-refractivity contribution in [1.82, 2.24) is 4.90 Å². The minimum absolute atomic E-state index is 0.0922. The van der Waals surface area contributed by atoms with E-state index in [4.69, 9.17) is 5.11 Å². The molecule has 110 valence electrons. The first kappa shape index (κ1) is 16.1. The molecule has 5 heteroatoms. The summed E-state index contributed by atoms with van der Waals surface area (Å²) in [5.74, 6) is -1.18. The van der Waals surface area contributed by atoms with Gasteiger partial charge in [-0.2, -0.15) is 0 Å². The van der Waals surface area contributed by atoms with Crippen molar-refractivity contribution >= 4 is 11.9 Å². The van der Waals surface area contributed by atoms with Crippen LogP contribution in [0.3, 0.4) is 0 Å². The molecule has 0 aliphatic heterocycles. The average Bonchev–Trinajstić information content (AvgIpc) is 2.38. The molecule has 0 aliphatic carbocycles. The Hall–Kier alpha value is -1.91. The predicted molar refractivity (Wildman–Crippen MR) is 74.0 cm³/mol. The third-order valence-electron chi connectivity index (χ3n) is 2.95. The number of carbonyl (C=O) groups excluding carboxylic acids is 1. The summed E-state index contributed by atoms with van der Waals surface area (Å²) >= 11 is 0. The van der Waals surface area contributed by atoms with Crippen LogP contribution < -0.4 is 0 Å². The molecule has 0 unspecified atom stereocenters. The molecule has 1 N–H and O–H groups in total. The number of aliphatic carboxylic acids is 1. The van der Waals surface area contributed by atoms with Gasteiger partial charge in [-0.05, 0) is 36.6 Å². The van der Waals surface area contributed by atoms with Gasteiger partial charge in [0.2, 0.25) is 0 Å². The zero-order chi connectivity index (χ0) is 15.1. The van der Waals surface area contributed by atoms with Gasteiger partial charge in [-0.25, -0.2) is 4.39 Å². The van der Waals surface area contributed by atoms with Crippen LogP contribution in [0.1, 0.15) is 37.0 Å². The molecule has 20 heavy (non-hydrogen) atoms. The quantitative estimate of drug-likeness (QED) is 0.836. The van der Waals surface area contributed by atoms with E-state index in [-0.39, 0.29) is 18.9 Å². The van der Waals surface area contributed by atoms with Gasteiger partial charge < -0.3 is 10.0 Å². The minimum atomic E-state index is -0.938. The van der Waals surface area contributed by atoms with Gasteiger partial charge in [-0.3, -0.25) is 9.59 Å². The third kappa shape index (κ3) is 5.38. The Morgan fingerprint density at radius 3 is 2.30 bits per heavy atom. The molecule has 1 rings (SSSR count). The van der Waals surface area contributed by atoms with Crippen LogP contribution in [0, 0.1) is 11.7 Å². The van der Waals surface area contributed by atoms with E-state index < -0.39 is 11.8 Å². The molecule has 0 saturated carbocycles. The maximum Gasteiger partial charge on any atom is 0.305 e. The topological polar surface area (TPSA) is 57.6 Å². The van der Waals surface area contributed by atoms with Crippen molar-refractivity contribution in [1.29, 1.82) is 0 Å².